The molecule has 0 bridgehead atoms. The SMILES string of the molecule is Cc1cc(N)ccc1-c1cnco1.Cc1cc(NN)ccc1-c1cnco1. The molecule has 0 fully saturated rings. The minimum Gasteiger partial charge on any atom is -0.444 e. The third-order valence-electron chi connectivity index (χ3n) is 4.04. The number of hydrazine groups is 1. The molecule has 0 amide bonds. The normalized spacial score (nSPS) is 10.2. The summed E-state index contributed by atoms with van der Waals surface area (Å²) in [5.41, 5.74) is 14.1. The Hall–Kier alpha value is -3.58. The predicted octanol–water partition coefficient (Wildman–Crippen LogP) is 4.17. The highest BCUT2D eigenvalue weighted by molar-refractivity contribution is 5.65. The van der Waals surface area contributed by atoms with Crippen LogP contribution in [0.2, 0.25) is 0 Å². The molecule has 2 aromatic heterocycles. The molecular weight excluding hydrogens is 342 g/mol. The summed E-state index contributed by atoms with van der Waals surface area (Å²) in [5.74, 6) is 6.85. The minimum absolute atomic E-state index is 0.765. The number of nitrogens with one attached hydrogen (secondary N) is 1. The number of aryl methyl sites for hydroxylation is 2. The van der Waals surface area contributed by atoms with Gasteiger partial charge in [-0.15, -0.1) is 0 Å². The first-order valence-electron chi connectivity index (χ1n) is 8.29. The highest BCUT2D eigenvalue weighted by Crippen LogP contribution is 2.25. The Morgan fingerprint density at radius 2 is 1.37 bits per heavy atom. The summed E-state index contributed by atoms with van der Waals surface area (Å²) < 4.78 is 10.4. The lowest BCUT2D eigenvalue weighted by Gasteiger charge is -2.05. The molecule has 7 nitrogen and oxygen atoms in total. The van der Waals surface area contributed by atoms with E-state index in [1.807, 2.05) is 50.2 Å². The molecule has 0 saturated carbocycles. The topological polar surface area (TPSA) is 116 Å². The molecule has 4 rings (SSSR count). The summed E-state index contributed by atoms with van der Waals surface area (Å²) in [5, 5.41) is 0. The molecule has 7 heteroatoms. The second-order valence-corrected chi connectivity index (χ2v) is 5.98. The highest BCUT2D eigenvalue weighted by atomic mass is 16.3. The number of nitrogen functional groups attached to an aromatic ring is 2. The first-order valence-corrected chi connectivity index (χ1v) is 8.29. The van der Waals surface area contributed by atoms with Crippen molar-refractivity contribution < 1.29 is 8.83 Å². The van der Waals surface area contributed by atoms with Gasteiger partial charge in [0.25, 0.3) is 0 Å². The van der Waals surface area contributed by atoms with Gasteiger partial charge in [0.15, 0.2) is 24.3 Å². The molecule has 2 aromatic carbocycles. The lowest BCUT2D eigenvalue weighted by molar-refractivity contribution is 0.571. The van der Waals surface area contributed by atoms with Crippen LogP contribution in [0.5, 0.6) is 0 Å². The first-order chi connectivity index (χ1) is 13.1. The fourth-order valence-electron chi connectivity index (χ4n) is 2.69. The van der Waals surface area contributed by atoms with Crippen LogP contribution < -0.4 is 17.0 Å². The number of nitrogens with zero attached hydrogens (tertiary/aromatic N) is 2. The average Bonchev–Trinajstić information content (AvgIpc) is 3.36. The van der Waals surface area contributed by atoms with Crippen molar-refractivity contribution in [3.63, 3.8) is 0 Å². The van der Waals surface area contributed by atoms with E-state index in [0.717, 1.165) is 45.1 Å². The van der Waals surface area contributed by atoms with Gasteiger partial charge < -0.3 is 20.0 Å². The van der Waals surface area contributed by atoms with Crippen LogP contribution in [-0.4, -0.2) is 9.97 Å². The Labute approximate surface area is 157 Å². The number of anilines is 2. The molecule has 0 atom stereocenters. The zero-order valence-corrected chi connectivity index (χ0v) is 15.1. The molecule has 0 aliphatic heterocycles. The molecule has 27 heavy (non-hydrogen) atoms. The Morgan fingerprint density at radius 1 is 0.815 bits per heavy atom. The average molecular weight is 363 g/mol. The van der Waals surface area contributed by atoms with Crippen LogP contribution in [0.15, 0.2) is 70.4 Å². The van der Waals surface area contributed by atoms with Crippen LogP contribution in [-0.2, 0) is 0 Å². The number of nitrogens with two attached hydrogens (primary N) is 2. The molecule has 0 spiro atoms. The van der Waals surface area contributed by atoms with Crippen LogP contribution >= 0.6 is 0 Å². The van der Waals surface area contributed by atoms with E-state index < -0.39 is 0 Å². The lowest BCUT2D eigenvalue weighted by atomic mass is 10.1. The zero-order chi connectivity index (χ0) is 19.2. The Balaban J connectivity index is 0.000000156. The highest BCUT2D eigenvalue weighted by Gasteiger charge is 2.05. The number of aromatic nitrogens is 2. The Kier molecular flexibility index (Phi) is 5.53. The predicted molar refractivity (Wildman–Crippen MR) is 106 cm³/mol. The van der Waals surface area contributed by atoms with Gasteiger partial charge in [-0.1, -0.05) is 0 Å². The molecule has 138 valence electrons. The van der Waals surface area contributed by atoms with Crippen molar-refractivity contribution in [2.24, 2.45) is 5.84 Å². The molecule has 0 aliphatic rings. The van der Waals surface area contributed by atoms with E-state index in [0.29, 0.717) is 0 Å². The van der Waals surface area contributed by atoms with Crippen LogP contribution in [0.3, 0.4) is 0 Å². The minimum atomic E-state index is 0.765. The maximum absolute atomic E-state index is 5.63. The van der Waals surface area contributed by atoms with Gasteiger partial charge in [0.1, 0.15) is 0 Å². The number of hydrogen-bond donors (Lipinski definition) is 3. The third kappa shape index (κ3) is 4.34. The van der Waals surface area contributed by atoms with Crippen LogP contribution in [0.1, 0.15) is 11.1 Å². The largest absolute Gasteiger partial charge is 0.444 e. The van der Waals surface area contributed by atoms with Gasteiger partial charge in [-0.25, -0.2) is 9.97 Å². The number of benzene rings is 2. The van der Waals surface area contributed by atoms with Crippen LogP contribution in [0.25, 0.3) is 22.6 Å². The van der Waals surface area contributed by atoms with E-state index in [-0.39, 0.29) is 0 Å². The van der Waals surface area contributed by atoms with Crippen molar-refractivity contribution in [1.29, 1.82) is 0 Å². The van der Waals surface area contributed by atoms with Crippen molar-refractivity contribution in [2.75, 3.05) is 11.2 Å². The molecule has 4 aromatic rings. The standard InChI is InChI=1S/C10H11N3O.C10H10N2O/c1-7-4-8(13-11)2-3-9(7)10-5-12-6-14-10;1-7-4-8(11)2-3-9(7)10-5-12-6-13-10/h2-6,13H,11H2,1H3;2-6H,11H2,1H3. The van der Waals surface area contributed by atoms with Crippen molar-refractivity contribution in [3.05, 3.63) is 72.7 Å². The number of hydrogen-bond acceptors (Lipinski definition) is 7. The van der Waals surface area contributed by atoms with Gasteiger partial charge in [-0.2, -0.15) is 0 Å². The fraction of sp³-hybridized carbons (Fsp3) is 0.100. The quantitative estimate of drug-likeness (QED) is 0.284. The van der Waals surface area contributed by atoms with Gasteiger partial charge in [-0.3, -0.25) is 5.84 Å². The molecule has 0 aliphatic carbocycles. The van der Waals surface area contributed by atoms with Crippen molar-refractivity contribution in [2.45, 2.75) is 13.8 Å². The van der Waals surface area contributed by atoms with Gasteiger partial charge in [0.05, 0.1) is 12.4 Å². The van der Waals surface area contributed by atoms with Gasteiger partial charge in [0, 0.05) is 22.5 Å². The molecular formula is C20H21N5O2. The van der Waals surface area contributed by atoms with E-state index in [9.17, 15) is 0 Å². The molecule has 0 saturated heterocycles. The summed E-state index contributed by atoms with van der Waals surface area (Å²) in [6.45, 7) is 3.99. The maximum atomic E-state index is 5.63. The maximum Gasteiger partial charge on any atom is 0.181 e. The second-order valence-electron chi connectivity index (χ2n) is 5.98. The van der Waals surface area contributed by atoms with E-state index in [1.165, 1.54) is 12.8 Å². The van der Waals surface area contributed by atoms with Gasteiger partial charge in [-0.05, 0) is 61.4 Å². The summed E-state index contributed by atoms with van der Waals surface area (Å²) in [6, 6.07) is 11.5. The number of rotatable bonds is 3. The summed E-state index contributed by atoms with van der Waals surface area (Å²) in [7, 11) is 0. The van der Waals surface area contributed by atoms with Gasteiger partial charge in [0.2, 0.25) is 0 Å². The summed E-state index contributed by atoms with van der Waals surface area (Å²) in [4.78, 5) is 7.74. The van der Waals surface area contributed by atoms with E-state index in [4.69, 9.17) is 20.4 Å². The van der Waals surface area contributed by atoms with Crippen molar-refractivity contribution in [3.8, 4) is 22.6 Å². The number of oxazole rings is 2. The van der Waals surface area contributed by atoms with Crippen molar-refractivity contribution >= 4 is 11.4 Å². The Bertz CT molecular complexity index is 995. The van der Waals surface area contributed by atoms with E-state index >= 15 is 0 Å². The molecule has 5 N–H and O–H groups in total. The zero-order valence-electron chi connectivity index (χ0n) is 15.1. The third-order valence-corrected chi connectivity index (χ3v) is 4.04. The summed E-state index contributed by atoms with van der Waals surface area (Å²) >= 11 is 0. The molecule has 0 radical (unpaired) electrons. The van der Waals surface area contributed by atoms with Crippen LogP contribution in [0.4, 0.5) is 11.4 Å². The fourth-order valence-corrected chi connectivity index (χ4v) is 2.69. The lowest BCUT2D eigenvalue weighted by Crippen LogP contribution is -2.06. The van der Waals surface area contributed by atoms with E-state index in [1.54, 1.807) is 12.4 Å². The first kappa shape index (κ1) is 18.2. The van der Waals surface area contributed by atoms with Gasteiger partial charge >= 0.3 is 0 Å². The monoisotopic (exact) mass is 363 g/mol. The molecule has 2 heterocycles. The molecule has 0 unspecified atom stereocenters. The van der Waals surface area contributed by atoms with Crippen molar-refractivity contribution in [1.82, 2.24) is 9.97 Å². The van der Waals surface area contributed by atoms with E-state index in [2.05, 4.69) is 15.4 Å². The summed E-state index contributed by atoms with van der Waals surface area (Å²) in [6.07, 6.45) is 6.23. The Morgan fingerprint density at radius 3 is 1.81 bits per heavy atom. The van der Waals surface area contributed by atoms with Crippen LogP contribution in [0, 0.1) is 13.8 Å². The smallest absolute Gasteiger partial charge is 0.181 e. The second kappa shape index (κ2) is 8.20.